The Morgan fingerprint density at radius 1 is 1.08 bits per heavy atom. The van der Waals surface area contributed by atoms with E-state index in [1.54, 1.807) is 17.8 Å². The van der Waals surface area contributed by atoms with Crippen molar-refractivity contribution >= 4 is 17.7 Å². The molecule has 0 radical (unpaired) electrons. The first-order valence-electron chi connectivity index (χ1n) is 7.94. The van der Waals surface area contributed by atoms with Crippen LogP contribution in [-0.2, 0) is 11.3 Å². The second-order valence-electron chi connectivity index (χ2n) is 5.61. The van der Waals surface area contributed by atoms with Crippen molar-refractivity contribution in [3.05, 3.63) is 66.1 Å². The lowest BCUT2D eigenvalue weighted by molar-refractivity contribution is 0.0434. The van der Waals surface area contributed by atoms with Gasteiger partial charge in [0.1, 0.15) is 0 Å². The number of thioether (sulfide) groups is 1. The Balaban J connectivity index is 1.66. The van der Waals surface area contributed by atoms with Crippen LogP contribution in [0.3, 0.4) is 0 Å². The van der Waals surface area contributed by atoms with Gasteiger partial charge in [-0.3, -0.25) is 0 Å². The summed E-state index contributed by atoms with van der Waals surface area (Å²) >= 11 is 1.62. The molecule has 0 atom stereocenters. The molecule has 1 heterocycles. The van der Waals surface area contributed by atoms with Crippen LogP contribution < -0.4 is 0 Å². The number of hydrogen-bond acceptors (Lipinski definition) is 6. The average molecular weight is 354 g/mol. The topological polar surface area (TPSA) is 65.2 Å². The van der Waals surface area contributed by atoms with Gasteiger partial charge in [0.05, 0.1) is 5.56 Å². The van der Waals surface area contributed by atoms with E-state index in [9.17, 15) is 4.79 Å². The quantitative estimate of drug-likeness (QED) is 0.476. The van der Waals surface area contributed by atoms with Gasteiger partial charge in [0.2, 0.25) is 5.89 Å². The number of rotatable bonds is 6. The molecule has 0 amide bonds. The fourth-order valence-electron chi connectivity index (χ4n) is 2.21. The van der Waals surface area contributed by atoms with Gasteiger partial charge in [0.25, 0.3) is 5.89 Å². The molecule has 0 aliphatic heterocycles. The van der Waals surface area contributed by atoms with Crippen LogP contribution in [0.4, 0.5) is 0 Å². The Morgan fingerprint density at radius 2 is 1.80 bits per heavy atom. The van der Waals surface area contributed by atoms with E-state index >= 15 is 0 Å². The SMILES string of the molecule is CC(C)Sc1ccccc1C(=O)OCc1nnc(-c2ccccc2)o1. The number of ether oxygens (including phenoxy) is 1. The molecular weight excluding hydrogens is 336 g/mol. The lowest BCUT2D eigenvalue weighted by Gasteiger charge is -2.10. The molecule has 25 heavy (non-hydrogen) atoms. The lowest BCUT2D eigenvalue weighted by Crippen LogP contribution is -2.07. The highest BCUT2D eigenvalue weighted by Gasteiger charge is 2.16. The Kier molecular flexibility index (Phi) is 5.50. The number of hydrogen-bond donors (Lipinski definition) is 0. The largest absolute Gasteiger partial charge is 0.452 e. The molecule has 6 heteroatoms. The van der Waals surface area contributed by atoms with Crippen LogP contribution in [0.2, 0.25) is 0 Å². The summed E-state index contributed by atoms with van der Waals surface area (Å²) < 4.78 is 10.9. The molecule has 0 N–H and O–H groups in total. The maximum Gasteiger partial charge on any atom is 0.339 e. The van der Waals surface area contributed by atoms with Crippen LogP contribution in [0.15, 0.2) is 63.9 Å². The number of carbonyl (C=O) groups is 1. The highest BCUT2D eigenvalue weighted by molar-refractivity contribution is 8.00. The van der Waals surface area contributed by atoms with Crippen molar-refractivity contribution in [3.8, 4) is 11.5 Å². The maximum absolute atomic E-state index is 12.4. The van der Waals surface area contributed by atoms with Crippen molar-refractivity contribution in [2.45, 2.75) is 30.6 Å². The van der Waals surface area contributed by atoms with Crippen LogP contribution >= 0.6 is 11.8 Å². The van der Waals surface area contributed by atoms with E-state index in [2.05, 4.69) is 24.0 Å². The van der Waals surface area contributed by atoms with Gasteiger partial charge >= 0.3 is 5.97 Å². The summed E-state index contributed by atoms with van der Waals surface area (Å²) in [4.78, 5) is 13.3. The first kappa shape index (κ1) is 17.2. The number of benzene rings is 2. The Labute approximate surface area is 150 Å². The van der Waals surface area contributed by atoms with Gasteiger partial charge in [-0.05, 0) is 24.3 Å². The molecule has 1 aromatic heterocycles. The van der Waals surface area contributed by atoms with Crippen LogP contribution in [0, 0.1) is 0 Å². The van der Waals surface area contributed by atoms with Gasteiger partial charge in [-0.1, -0.05) is 44.2 Å². The standard InChI is InChI=1S/C19H18N2O3S/c1-13(2)25-16-11-7-6-10-15(16)19(22)23-12-17-20-21-18(24-17)14-8-4-3-5-9-14/h3-11,13H,12H2,1-2H3. The van der Waals surface area contributed by atoms with Crippen molar-refractivity contribution in [2.75, 3.05) is 0 Å². The van der Waals surface area contributed by atoms with Gasteiger partial charge in [0.15, 0.2) is 6.61 Å². The number of esters is 1. The normalized spacial score (nSPS) is 10.8. The van der Waals surface area contributed by atoms with E-state index in [-0.39, 0.29) is 12.5 Å². The molecule has 3 aromatic rings. The van der Waals surface area contributed by atoms with E-state index in [0.717, 1.165) is 10.5 Å². The summed E-state index contributed by atoms with van der Waals surface area (Å²) in [6.07, 6.45) is 0. The van der Waals surface area contributed by atoms with E-state index < -0.39 is 5.97 Å². The second kappa shape index (κ2) is 7.98. The zero-order valence-corrected chi connectivity index (χ0v) is 14.8. The summed E-state index contributed by atoms with van der Waals surface area (Å²) in [5.74, 6) is 0.270. The lowest BCUT2D eigenvalue weighted by atomic mass is 10.2. The Morgan fingerprint density at radius 3 is 2.56 bits per heavy atom. The fourth-order valence-corrected chi connectivity index (χ4v) is 3.15. The monoisotopic (exact) mass is 354 g/mol. The summed E-state index contributed by atoms with van der Waals surface area (Å²) in [5.41, 5.74) is 1.37. The molecule has 0 fully saturated rings. The summed E-state index contributed by atoms with van der Waals surface area (Å²) in [6, 6.07) is 16.9. The molecule has 0 unspecified atom stereocenters. The molecule has 0 aliphatic rings. The summed E-state index contributed by atoms with van der Waals surface area (Å²) in [6.45, 7) is 4.10. The van der Waals surface area contributed by atoms with Crippen LogP contribution in [0.5, 0.6) is 0 Å². The summed E-state index contributed by atoms with van der Waals surface area (Å²) in [5, 5.41) is 8.29. The van der Waals surface area contributed by atoms with E-state index in [0.29, 0.717) is 16.7 Å². The average Bonchev–Trinajstić information content (AvgIpc) is 3.09. The zero-order valence-electron chi connectivity index (χ0n) is 14.0. The van der Waals surface area contributed by atoms with Crippen LogP contribution in [0.1, 0.15) is 30.1 Å². The number of aromatic nitrogens is 2. The van der Waals surface area contributed by atoms with E-state index in [4.69, 9.17) is 9.15 Å². The van der Waals surface area contributed by atoms with Crippen molar-refractivity contribution < 1.29 is 13.9 Å². The van der Waals surface area contributed by atoms with E-state index in [1.165, 1.54) is 0 Å². The Bertz CT molecular complexity index is 847. The van der Waals surface area contributed by atoms with Gasteiger partial charge in [-0.2, -0.15) is 0 Å². The molecule has 0 aliphatic carbocycles. The van der Waals surface area contributed by atoms with E-state index in [1.807, 2.05) is 48.5 Å². The molecule has 2 aromatic carbocycles. The van der Waals surface area contributed by atoms with Crippen LogP contribution in [-0.4, -0.2) is 21.4 Å². The number of nitrogens with zero attached hydrogens (tertiary/aromatic N) is 2. The minimum atomic E-state index is -0.400. The smallest absolute Gasteiger partial charge is 0.339 e. The number of carbonyl (C=O) groups excluding carboxylic acids is 1. The third-order valence-corrected chi connectivity index (χ3v) is 4.37. The minimum absolute atomic E-state index is 0.0562. The predicted molar refractivity (Wildman–Crippen MR) is 96.3 cm³/mol. The van der Waals surface area contributed by atoms with Crippen molar-refractivity contribution in [3.63, 3.8) is 0 Å². The van der Waals surface area contributed by atoms with Crippen LogP contribution in [0.25, 0.3) is 11.5 Å². The summed E-state index contributed by atoms with van der Waals surface area (Å²) in [7, 11) is 0. The minimum Gasteiger partial charge on any atom is -0.452 e. The third kappa shape index (κ3) is 4.48. The highest BCUT2D eigenvalue weighted by atomic mass is 32.2. The second-order valence-corrected chi connectivity index (χ2v) is 7.22. The van der Waals surface area contributed by atoms with Crippen molar-refractivity contribution in [2.24, 2.45) is 0 Å². The van der Waals surface area contributed by atoms with Gasteiger partial charge < -0.3 is 9.15 Å². The molecular formula is C19H18N2O3S. The molecule has 0 spiro atoms. The molecule has 128 valence electrons. The Hall–Kier alpha value is -2.60. The van der Waals surface area contributed by atoms with Gasteiger partial charge in [-0.25, -0.2) is 4.79 Å². The highest BCUT2D eigenvalue weighted by Crippen LogP contribution is 2.27. The van der Waals surface area contributed by atoms with Crippen molar-refractivity contribution in [1.82, 2.24) is 10.2 Å². The predicted octanol–water partition coefficient (Wildman–Crippen LogP) is 4.59. The zero-order chi connectivity index (χ0) is 17.6. The molecule has 3 rings (SSSR count). The molecule has 0 bridgehead atoms. The molecule has 0 saturated carbocycles. The first-order chi connectivity index (χ1) is 12.1. The van der Waals surface area contributed by atoms with Gasteiger partial charge in [0, 0.05) is 15.7 Å². The van der Waals surface area contributed by atoms with Gasteiger partial charge in [-0.15, -0.1) is 22.0 Å². The third-order valence-electron chi connectivity index (χ3n) is 3.28. The van der Waals surface area contributed by atoms with Crippen molar-refractivity contribution in [1.29, 1.82) is 0 Å². The molecule has 0 saturated heterocycles. The first-order valence-corrected chi connectivity index (χ1v) is 8.82. The molecule has 5 nitrogen and oxygen atoms in total. The fraction of sp³-hybridized carbons (Fsp3) is 0.211. The maximum atomic E-state index is 12.4.